The minimum Gasteiger partial charge on any atom is -0.495 e. The number of sulfone groups is 1. The lowest BCUT2D eigenvalue weighted by atomic mass is 10.3. The number of anilines is 3. The maximum absolute atomic E-state index is 12.8. The van der Waals surface area contributed by atoms with Gasteiger partial charge in [-0.05, 0) is 37.3 Å². The summed E-state index contributed by atoms with van der Waals surface area (Å²) in [4.78, 5) is 34.2. The predicted molar refractivity (Wildman–Crippen MR) is 133 cm³/mol. The Morgan fingerprint density at radius 1 is 0.971 bits per heavy atom. The van der Waals surface area contributed by atoms with Crippen LogP contribution >= 0.6 is 22.7 Å². The summed E-state index contributed by atoms with van der Waals surface area (Å²) in [6.45, 7) is 1.66. The Kier molecular flexibility index (Phi) is 6.50. The summed E-state index contributed by atoms with van der Waals surface area (Å²) in [7, 11) is -1.85. The van der Waals surface area contributed by atoms with Crippen LogP contribution in [-0.2, 0) is 9.84 Å². The van der Waals surface area contributed by atoms with Crippen LogP contribution in [0.15, 0.2) is 47.4 Å². The molecule has 0 spiro atoms. The van der Waals surface area contributed by atoms with Crippen LogP contribution in [0.1, 0.15) is 15.4 Å². The van der Waals surface area contributed by atoms with Gasteiger partial charge in [-0.15, -0.1) is 0 Å². The van der Waals surface area contributed by atoms with Crippen LogP contribution in [0, 0.1) is 6.92 Å². The van der Waals surface area contributed by atoms with Gasteiger partial charge >= 0.3 is 6.03 Å². The zero-order chi connectivity index (χ0) is 24.5. The van der Waals surface area contributed by atoms with Crippen LogP contribution in [-0.4, -0.2) is 43.7 Å². The van der Waals surface area contributed by atoms with E-state index in [4.69, 9.17) is 4.74 Å². The first-order valence-corrected chi connectivity index (χ1v) is 13.3. The molecule has 0 aliphatic carbocycles. The second-order valence-corrected chi connectivity index (χ2v) is 11.1. The molecular formula is C21H19N5O5S3. The molecule has 4 rings (SSSR count). The molecule has 0 saturated heterocycles. The van der Waals surface area contributed by atoms with Gasteiger partial charge in [0.05, 0.1) is 33.6 Å². The van der Waals surface area contributed by atoms with Crippen molar-refractivity contribution in [2.45, 2.75) is 11.8 Å². The van der Waals surface area contributed by atoms with Crippen LogP contribution in [0.4, 0.5) is 20.7 Å². The third kappa shape index (κ3) is 5.16. The van der Waals surface area contributed by atoms with Gasteiger partial charge in [0.2, 0.25) is 0 Å². The third-order valence-electron chi connectivity index (χ3n) is 4.59. The Morgan fingerprint density at radius 2 is 1.71 bits per heavy atom. The van der Waals surface area contributed by atoms with Crippen molar-refractivity contribution in [1.82, 2.24) is 9.97 Å². The van der Waals surface area contributed by atoms with Gasteiger partial charge < -0.3 is 10.1 Å². The highest BCUT2D eigenvalue weighted by Crippen LogP contribution is 2.30. The number of methoxy groups -OCH3 is 1. The number of thiazole rings is 2. The van der Waals surface area contributed by atoms with Crippen LogP contribution in [0.2, 0.25) is 0 Å². The molecule has 3 N–H and O–H groups in total. The molecule has 2 heterocycles. The number of benzene rings is 2. The molecule has 2 aromatic heterocycles. The molecule has 0 saturated carbocycles. The van der Waals surface area contributed by atoms with E-state index in [1.54, 1.807) is 37.3 Å². The van der Waals surface area contributed by atoms with Gasteiger partial charge in [-0.1, -0.05) is 34.8 Å². The van der Waals surface area contributed by atoms with Gasteiger partial charge in [0.25, 0.3) is 5.91 Å². The van der Waals surface area contributed by atoms with Crippen LogP contribution in [0.25, 0.3) is 10.2 Å². The number of nitrogens with one attached hydrogen (secondary N) is 3. The van der Waals surface area contributed by atoms with E-state index in [0.717, 1.165) is 28.9 Å². The number of hydrogen-bond acceptors (Lipinski definition) is 9. The van der Waals surface area contributed by atoms with Crippen LogP contribution < -0.4 is 20.7 Å². The van der Waals surface area contributed by atoms with E-state index in [0.29, 0.717) is 37.4 Å². The quantitative estimate of drug-likeness (QED) is 0.345. The Bertz CT molecular complexity index is 1510. The van der Waals surface area contributed by atoms with Crippen molar-refractivity contribution in [1.29, 1.82) is 0 Å². The lowest BCUT2D eigenvalue weighted by Gasteiger charge is -2.09. The number of carbonyl (C=O) groups is 2. The van der Waals surface area contributed by atoms with E-state index in [9.17, 15) is 18.0 Å². The van der Waals surface area contributed by atoms with Gasteiger partial charge in [0.15, 0.2) is 20.1 Å². The molecule has 3 amide bonds. The van der Waals surface area contributed by atoms with E-state index >= 15 is 0 Å². The molecular weight excluding hydrogens is 498 g/mol. The summed E-state index contributed by atoms with van der Waals surface area (Å²) < 4.78 is 29.4. The minimum atomic E-state index is -3.35. The fraction of sp³-hybridized carbons (Fsp3) is 0.143. The first kappa shape index (κ1) is 23.6. The summed E-state index contributed by atoms with van der Waals surface area (Å²) in [6, 6.07) is 11.0. The largest absolute Gasteiger partial charge is 0.495 e. The fourth-order valence-corrected chi connectivity index (χ4v) is 5.48. The van der Waals surface area contributed by atoms with E-state index in [-0.39, 0.29) is 10.0 Å². The molecule has 0 fully saturated rings. The summed E-state index contributed by atoms with van der Waals surface area (Å²) in [5, 5.41) is 8.57. The van der Waals surface area contributed by atoms with Crippen LogP contribution in [0.5, 0.6) is 5.75 Å². The average Bonchev–Trinajstić information content (AvgIpc) is 3.34. The topological polar surface area (TPSA) is 139 Å². The maximum atomic E-state index is 12.8. The molecule has 0 unspecified atom stereocenters. The molecule has 2 aromatic carbocycles. The van der Waals surface area contributed by atoms with E-state index in [1.165, 1.54) is 19.2 Å². The van der Waals surface area contributed by atoms with Crippen molar-refractivity contribution in [3.63, 3.8) is 0 Å². The monoisotopic (exact) mass is 517 g/mol. The standard InChI is InChI=1S/C21H19N5O5S3/c1-11-17(33-20(22-11)26-19(28)23-13-6-4-5-7-15(13)31-2)18(27)25-21-24-14-9-8-12(34(3,29)30)10-16(14)32-21/h4-10H,1-3H3,(H,24,25,27)(H2,22,23,26,28). The Hall–Kier alpha value is -3.55. The zero-order valence-electron chi connectivity index (χ0n) is 18.2. The Morgan fingerprint density at radius 3 is 2.44 bits per heavy atom. The first-order chi connectivity index (χ1) is 16.1. The number of carbonyl (C=O) groups excluding carboxylic acids is 2. The van der Waals surface area contributed by atoms with Crippen molar-refractivity contribution < 1.29 is 22.7 Å². The summed E-state index contributed by atoms with van der Waals surface area (Å²) in [5.74, 6) is 0.0723. The maximum Gasteiger partial charge on any atom is 0.325 e. The van der Waals surface area contributed by atoms with Gasteiger partial charge in [-0.3, -0.25) is 15.4 Å². The molecule has 10 nitrogen and oxygen atoms in total. The smallest absolute Gasteiger partial charge is 0.325 e. The number of aryl methyl sites for hydroxylation is 1. The fourth-order valence-electron chi connectivity index (χ4n) is 3.00. The number of nitrogens with zero attached hydrogens (tertiary/aromatic N) is 2. The van der Waals surface area contributed by atoms with E-state index in [1.807, 2.05) is 0 Å². The molecule has 34 heavy (non-hydrogen) atoms. The highest BCUT2D eigenvalue weighted by Gasteiger charge is 2.19. The summed E-state index contributed by atoms with van der Waals surface area (Å²) >= 11 is 2.18. The third-order valence-corrected chi connectivity index (χ3v) is 7.70. The minimum absolute atomic E-state index is 0.182. The molecule has 0 atom stereocenters. The number of para-hydroxylation sites is 2. The number of amides is 3. The Balaban J connectivity index is 1.46. The SMILES string of the molecule is COc1ccccc1NC(=O)Nc1nc(C)c(C(=O)Nc2nc3ccc(S(C)(=O)=O)cc3s2)s1. The number of aromatic nitrogens is 2. The summed E-state index contributed by atoms with van der Waals surface area (Å²) in [5.41, 5.74) is 1.50. The lowest BCUT2D eigenvalue weighted by Crippen LogP contribution is -2.19. The molecule has 0 radical (unpaired) electrons. The van der Waals surface area contributed by atoms with Crippen molar-refractivity contribution >= 4 is 70.6 Å². The van der Waals surface area contributed by atoms with Gasteiger partial charge in [-0.2, -0.15) is 0 Å². The number of urea groups is 1. The van der Waals surface area contributed by atoms with Crippen molar-refractivity contribution in [2.24, 2.45) is 0 Å². The predicted octanol–water partition coefficient (Wildman–Crippen LogP) is 4.37. The molecule has 0 bridgehead atoms. The van der Waals surface area contributed by atoms with Crippen molar-refractivity contribution in [3.8, 4) is 5.75 Å². The molecule has 0 aliphatic rings. The molecule has 0 aliphatic heterocycles. The van der Waals surface area contributed by atoms with Crippen molar-refractivity contribution in [3.05, 3.63) is 53.0 Å². The Labute approximate surface area is 202 Å². The zero-order valence-corrected chi connectivity index (χ0v) is 20.7. The highest BCUT2D eigenvalue weighted by atomic mass is 32.2. The number of fused-ring (bicyclic) bond motifs is 1. The second-order valence-electron chi connectivity index (χ2n) is 7.09. The van der Waals surface area contributed by atoms with Gasteiger partial charge in [-0.25, -0.2) is 23.2 Å². The second kappa shape index (κ2) is 9.37. The summed E-state index contributed by atoms with van der Waals surface area (Å²) in [6.07, 6.45) is 1.13. The molecule has 4 aromatic rings. The van der Waals surface area contributed by atoms with E-state index < -0.39 is 21.8 Å². The van der Waals surface area contributed by atoms with Gasteiger partial charge in [0, 0.05) is 6.26 Å². The highest BCUT2D eigenvalue weighted by molar-refractivity contribution is 7.90. The average molecular weight is 518 g/mol. The molecule has 13 heteroatoms. The molecule has 176 valence electrons. The number of rotatable bonds is 6. The number of hydrogen-bond donors (Lipinski definition) is 3. The van der Waals surface area contributed by atoms with E-state index in [2.05, 4.69) is 25.9 Å². The van der Waals surface area contributed by atoms with Crippen LogP contribution in [0.3, 0.4) is 0 Å². The van der Waals surface area contributed by atoms with Crippen molar-refractivity contribution in [2.75, 3.05) is 29.3 Å². The lowest BCUT2D eigenvalue weighted by molar-refractivity contribution is 0.102. The first-order valence-electron chi connectivity index (χ1n) is 9.74. The van der Waals surface area contributed by atoms with Gasteiger partial charge in [0.1, 0.15) is 10.6 Å². The number of ether oxygens (including phenoxy) is 1. The normalized spacial score (nSPS) is 11.3.